The summed E-state index contributed by atoms with van der Waals surface area (Å²) in [5, 5.41) is 0. The van der Waals surface area contributed by atoms with Gasteiger partial charge in [-0.15, -0.1) is 0 Å². The van der Waals surface area contributed by atoms with E-state index >= 15 is 0 Å². The zero-order valence-electron chi connectivity index (χ0n) is 16.8. The van der Waals surface area contributed by atoms with Crippen LogP contribution in [-0.4, -0.2) is 18.2 Å². The maximum atomic E-state index is 12.3. The van der Waals surface area contributed by atoms with Crippen molar-refractivity contribution in [2.45, 2.75) is 44.1 Å². The normalized spacial score (nSPS) is 15.2. The standard InChI is InChI=1S/C25H27NO3/c1-28-23-14-13-19(17-24(23)29-21-11-5-6-12-21)22(18-8-3-2-4-9-18)16-20-10-7-15-26-25(20)27/h2-4,7-10,13-15,17,21-22H,5-6,11-12,16H2,1H3,(H,26,27). The number of rotatable bonds is 7. The number of hydrogen-bond acceptors (Lipinski definition) is 3. The molecule has 0 bridgehead atoms. The fourth-order valence-electron chi connectivity index (χ4n) is 4.14. The molecule has 1 aromatic heterocycles. The molecule has 0 saturated heterocycles. The lowest BCUT2D eigenvalue weighted by atomic mass is 9.86. The van der Waals surface area contributed by atoms with Crippen LogP contribution in [0.2, 0.25) is 0 Å². The highest BCUT2D eigenvalue weighted by molar-refractivity contribution is 5.47. The van der Waals surface area contributed by atoms with Gasteiger partial charge < -0.3 is 14.5 Å². The summed E-state index contributed by atoms with van der Waals surface area (Å²) in [6, 6.07) is 20.2. The van der Waals surface area contributed by atoms with Gasteiger partial charge in [0.1, 0.15) is 0 Å². The Bertz CT molecular complexity index is 990. The Labute approximate surface area is 171 Å². The van der Waals surface area contributed by atoms with E-state index in [0.717, 1.165) is 35.5 Å². The monoisotopic (exact) mass is 389 g/mol. The predicted molar refractivity (Wildman–Crippen MR) is 115 cm³/mol. The van der Waals surface area contributed by atoms with Gasteiger partial charge in [-0.1, -0.05) is 42.5 Å². The van der Waals surface area contributed by atoms with Crippen molar-refractivity contribution in [3.63, 3.8) is 0 Å². The van der Waals surface area contributed by atoms with Gasteiger partial charge in [0.25, 0.3) is 5.56 Å². The van der Waals surface area contributed by atoms with Crippen molar-refractivity contribution in [1.82, 2.24) is 4.98 Å². The van der Waals surface area contributed by atoms with Gasteiger partial charge in [0.2, 0.25) is 0 Å². The number of ether oxygens (including phenoxy) is 2. The molecule has 4 heteroatoms. The molecule has 1 unspecified atom stereocenters. The highest BCUT2D eigenvalue weighted by Crippen LogP contribution is 2.37. The summed E-state index contributed by atoms with van der Waals surface area (Å²) < 4.78 is 11.9. The molecule has 1 aliphatic carbocycles. The van der Waals surface area contributed by atoms with Crippen LogP contribution < -0.4 is 15.0 Å². The molecule has 1 heterocycles. The molecule has 1 atom stereocenters. The summed E-state index contributed by atoms with van der Waals surface area (Å²) in [7, 11) is 1.68. The molecule has 3 aromatic rings. The Morgan fingerprint density at radius 3 is 2.48 bits per heavy atom. The molecule has 1 N–H and O–H groups in total. The Kier molecular flexibility index (Phi) is 5.99. The Morgan fingerprint density at radius 1 is 0.966 bits per heavy atom. The fourth-order valence-corrected chi connectivity index (χ4v) is 4.14. The maximum absolute atomic E-state index is 12.3. The van der Waals surface area contributed by atoms with Gasteiger partial charge in [-0.05, 0) is 61.4 Å². The van der Waals surface area contributed by atoms with Crippen LogP contribution in [0, 0.1) is 0 Å². The lowest BCUT2D eigenvalue weighted by Crippen LogP contribution is -2.16. The van der Waals surface area contributed by atoms with Gasteiger partial charge in [0.15, 0.2) is 11.5 Å². The van der Waals surface area contributed by atoms with E-state index in [-0.39, 0.29) is 17.6 Å². The van der Waals surface area contributed by atoms with Crippen molar-refractivity contribution in [3.8, 4) is 11.5 Å². The average Bonchev–Trinajstić information content (AvgIpc) is 3.27. The van der Waals surface area contributed by atoms with Crippen LogP contribution in [0.15, 0.2) is 71.7 Å². The zero-order valence-corrected chi connectivity index (χ0v) is 16.8. The van der Waals surface area contributed by atoms with Crippen molar-refractivity contribution in [3.05, 3.63) is 93.9 Å². The summed E-state index contributed by atoms with van der Waals surface area (Å²) in [4.78, 5) is 15.1. The van der Waals surface area contributed by atoms with Gasteiger partial charge in [0.05, 0.1) is 13.2 Å². The van der Waals surface area contributed by atoms with E-state index in [2.05, 4.69) is 29.2 Å². The number of nitrogens with one attached hydrogen (secondary N) is 1. The summed E-state index contributed by atoms with van der Waals surface area (Å²) in [6.07, 6.45) is 7.17. The lowest BCUT2D eigenvalue weighted by Gasteiger charge is -2.21. The van der Waals surface area contributed by atoms with Crippen molar-refractivity contribution >= 4 is 0 Å². The number of benzene rings is 2. The topological polar surface area (TPSA) is 51.3 Å². The number of aromatic nitrogens is 1. The second-order valence-corrected chi connectivity index (χ2v) is 7.63. The van der Waals surface area contributed by atoms with E-state index in [4.69, 9.17) is 9.47 Å². The maximum Gasteiger partial charge on any atom is 0.251 e. The molecule has 1 aliphatic rings. The molecule has 4 nitrogen and oxygen atoms in total. The number of H-pyrrole nitrogens is 1. The van der Waals surface area contributed by atoms with Gasteiger partial charge >= 0.3 is 0 Å². The molecule has 0 radical (unpaired) electrons. The molecule has 1 saturated carbocycles. The highest BCUT2D eigenvalue weighted by Gasteiger charge is 2.22. The Balaban J connectivity index is 1.71. The first kappa shape index (κ1) is 19.3. The highest BCUT2D eigenvalue weighted by atomic mass is 16.5. The van der Waals surface area contributed by atoms with Gasteiger partial charge in [-0.25, -0.2) is 0 Å². The van der Waals surface area contributed by atoms with Crippen LogP contribution in [-0.2, 0) is 6.42 Å². The molecule has 29 heavy (non-hydrogen) atoms. The molecule has 2 aromatic carbocycles. The van der Waals surface area contributed by atoms with Crippen LogP contribution in [0.5, 0.6) is 11.5 Å². The van der Waals surface area contributed by atoms with Crippen LogP contribution in [0.1, 0.15) is 48.3 Å². The second-order valence-electron chi connectivity index (χ2n) is 7.63. The van der Waals surface area contributed by atoms with E-state index in [9.17, 15) is 4.79 Å². The third kappa shape index (κ3) is 4.53. The molecule has 0 spiro atoms. The third-order valence-corrected chi connectivity index (χ3v) is 5.71. The minimum Gasteiger partial charge on any atom is -0.493 e. The first-order valence-corrected chi connectivity index (χ1v) is 10.3. The molecular formula is C25H27NO3. The van der Waals surface area contributed by atoms with Crippen molar-refractivity contribution in [2.24, 2.45) is 0 Å². The second kappa shape index (κ2) is 8.99. The van der Waals surface area contributed by atoms with Crippen molar-refractivity contribution in [2.75, 3.05) is 7.11 Å². The molecular weight excluding hydrogens is 362 g/mol. The largest absolute Gasteiger partial charge is 0.493 e. The molecule has 4 rings (SSSR count). The number of aromatic amines is 1. The zero-order chi connectivity index (χ0) is 20.1. The first-order chi connectivity index (χ1) is 14.2. The lowest BCUT2D eigenvalue weighted by molar-refractivity contribution is 0.200. The minimum absolute atomic E-state index is 0.0376. The predicted octanol–water partition coefficient (Wildman–Crippen LogP) is 5.08. The fraction of sp³-hybridized carbons (Fsp3) is 0.320. The SMILES string of the molecule is COc1ccc(C(Cc2ccc[nH]c2=O)c2ccccc2)cc1OC1CCCC1. The van der Waals surface area contributed by atoms with Gasteiger partial charge in [0, 0.05) is 17.7 Å². The van der Waals surface area contributed by atoms with Crippen molar-refractivity contribution in [1.29, 1.82) is 0 Å². The van der Waals surface area contributed by atoms with Crippen molar-refractivity contribution < 1.29 is 9.47 Å². The van der Waals surface area contributed by atoms with E-state index in [0.29, 0.717) is 6.42 Å². The number of pyridine rings is 1. The van der Waals surface area contributed by atoms with Crippen LogP contribution >= 0.6 is 0 Å². The Morgan fingerprint density at radius 2 is 1.76 bits per heavy atom. The van der Waals surface area contributed by atoms with E-state index in [1.54, 1.807) is 13.3 Å². The molecule has 0 amide bonds. The van der Waals surface area contributed by atoms with Gasteiger partial charge in [-0.2, -0.15) is 0 Å². The number of hydrogen-bond donors (Lipinski definition) is 1. The molecule has 0 aliphatic heterocycles. The summed E-state index contributed by atoms with van der Waals surface area (Å²) in [5.41, 5.74) is 3.03. The van der Waals surface area contributed by atoms with Gasteiger partial charge in [-0.3, -0.25) is 4.79 Å². The van der Waals surface area contributed by atoms with E-state index in [1.165, 1.54) is 18.4 Å². The molecule has 150 valence electrons. The average molecular weight is 389 g/mol. The third-order valence-electron chi connectivity index (χ3n) is 5.71. The van der Waals surface area contributed by atoms with E-state index < -0.39 is 0 Å². The molecule has 1 fully saturated rings. The summed E-state index contributed by atoms with van der Waals surface area (Å²) in [5.74, 6) is 1.60. The number of methoxy groups -OCH3 is 1. The van der Waals surface area contributed by atoms with Crippen LogP contribution in [0.25, 0.3) is 0 Å². The van der Waals surface area contributed by atoms with E-state index in [1.807, 2.05) is 36.4 Å². The summed E-state index contributed by atoms with van der Waals surface area (Å²) >= 11 is 0. The van der Waals surface area contributed by atoms with Crippen LogP contribution in [0.4, 0.5) is 0 Å². The summed E-state index contributed by atoms with van der Waals surface area (Å²) in [6.45, 7) is 0. The van der Waals surface area contributed by atoms with Crippen LogP contribution in [0.3, 0.4) is 0 Å². The minimum atomic E-state index is -0.0376. The quantitative estimate of drug-likeness (QED) is 0.613. The first-order valence-electron chi connectivity index (χ1n) is 10.3. The Hall–Kier alpha value is -3.01. The smallest absolute Gasteiger partial charge is 0.251 e.